The molecule has 1 aromatic carbocycles. The van der Waals surface area contributed by atoms with Crippen molar-refractivity contribution in [3.63, 3.8) is 0 Å². The van der Waals surface area contributed by atoms with Crippen molar-refractivity contribution in [3.8, 4) is 5.75 Å². The lowest BCUT2D eigenvalue weighted by molar-refractivity contribution is -0.137. The fraction of sp³-hybridized carbons (Fsp3) is 0.476. The maximum Gasteiger partial charge on any atom is 0.226 e. The van der Waals surface area contributed by atoms with Crippen molar-refractivity contribution in [2.75, 3.05) is 13.2 Å². The van der Waals surface area contributed by atoms with E-state index in [0.717, 1.165) is 35.5 Å². The van der Waals surface area contributed by atoms with Crippen LogP contribution in [0, 0.1) is 5.92 Å². The highest BCUT2D eigenvalue weighted by Gasteiger charge is 2.30. The van der Waals surface area contributed by atoms with E-state index in [-0.39, 0.29) is 17.7 Å². The summed E-state index contributed by atoms with van der Waals surface area (Å²) >= 11 is 0. The van der Waals surface area contributed by atoms with E-state index in [1.807, 2.05) is 46.8 Å². The zero-order valence-corrected chi connectivity index (χ0v) is 16.2. The fourth-order valence-electron chi connectivity index (χ4n) is 3.88. The molecule has 148 valence electrons. The Morgan fingerprint density at radius 1 is 1.29 bits per heavy atom. The van der Waals surface area contributed by atoms with Crippen molar-refractivity contribution in [2.24, 2.45) is 5.92 Å². The van der Waals surface area contributed by atoms with Crippen LogP contribution in [0.3, 0.4) is 0 Å². The third kappa shape index (κ3) is 3.88. The number of nitrogens with one attached hydrogen (secondary N) is 1. The maximum atomic E-state index is 13.2. The molecule has 0 fully saturated rings. The number of para-hydroxylation sites is 1. The summed E-state index contributed by atoms with van der Waals surface area (Å²) in [4.78, 5) is 26.6. The van der Waals surface area contributed by atoms with Crippen LogP contribution in [0.25, 0.3) is 0 Å². The normalized spacial score (nSPS) is 18.5. The highest BCUT2D eigenvalue weighted by molar-refractivity contribution is 5.79. The van der Waals surface area contributed by atoms with Gasteiger partial charge in [-0.2, -0.15) is 5.10 Å². The molecule has 0 saturated carbocycles. The highest BCUT2D eigenvalue weighted by Crippen LogP contribution is 2.28. The first-order valence-electron chi connectivity index (χ1n) is 9.96. The summed E-state index contributed by atoms with van der Waals surface area (Å²) in [5.41, 5.74) is 2.96. The van der Waals surface area contributed by atoms with E-state index in [2.05, 4.69) is 10.4 Å². The monoisotopic (exact) mass is 382 g/mol. The lowest BCUT2D eigenvalue weighted by Gasteiger charge is -2.30. The second kappa shape index (κ2) is 8.04. The van der Waals surface area contributed by atoms with Crippen molar-refractivity contribution in [1.29, 1.82) is 0 Å². The lowest BCUT2D eigenvalue weighted by Crippen LogP contribution is -2.42. The first-order chi connectivity index (χ1) is 13.6. The zero-order chi connectivity index (χ0) is 19.5. The third-order valence-corrected chi connectivity index (χ3v) is 5.46. The summed E-state index contributed by atoms with van der Waals surface area (Å²) in [6.45, 7) is 4.73. The van der Waals surface area contributed by atoms with Crippen molar-refractivity contribution in [3.05, 3.63) is 47.3 Å². The number of nitrogens with zero attached hydrogens (tertiary/aromatic N) is 3. The minimum absolute atomic E-state index is 0.0126. The Hall–Kier alpha value is -2.83. The topological polar surface area (TPSA) is 76.5 Å². The predicted octanol–water partition coefficient (Wildman–Crippen LogP) is 1.89. The first-order valence-corrected chi connectivity index (χ1v) is 9.96. The van der Waals surface area contributed by atoms with Gasteiger partial charge in [-0.1, -0.05) is 25.1 Å². The molecule has 1 atom stereocenters. The number of carbonyl (C=O) groups is 2. The van der Waals surface area contributed by atoms with E-state index in [4.69, 9.17) is 4.74 Å². The van der Waals surface area contributed by atoms with Crippen LogP contribution < -0.4 is 10.1 Å². The van der Waals surface area contributed by atoms with Gasteiger partial charge in [0.2, 0.25) is 11.8 Å². The predicted molar refractivity (Wildman–Crippen MR) is 104 cm³/mol. The average molecular weight is 382 g/mol. The van der Waals surface area contributed by atoms with Gasteiger partial charge >= 0.3 is 0 Å². The fourth-order valence-corrected chi connectivity index (χ4v) is 3.88. The van der Waals surface area contributed by atoms with Gasteiger partial charge in [-0.05, 0) is 30.5 Å². The van der Waals surface area contributed by atoms with Gasteiger partial charge < -0.3 is 15.0 Å². The molecule has 0 aliphatic carbocycles. The minimum atomic E-state index is -0.0542. The lowest BCUT2D eigenvalue weighted by atomic mass is 9.95. The minimum Gasteiger partial charge on any atom is -0.493 e. The molecule has 0 unspecified atom stereocenters. The molecule has 2 aromatic rings. The Morgan fingerprint density at radius 3 is 3.00 bits per heavy atom. The molecule has 1 N–H and O–H groups in total. The van der Waals surface area contributed by atoms with Crippen molar-refractivity contribution < 1.29 is 14.3 Å². The highest BCUT2D eigenvalue weighted by atomic mass is 16.5. The van der Waals surface area contributed by atoms with Crippen LogP contribution in [0.5, 0.6) is 5.75 Å². The molecule has 0 bridgehead atoms. The molecule has 0 spiro atoms. The van der Waals surface area contributed by atoms with Crippen LogP contribution in [0.1, 0.15) is 36.7 Å². The summed E-state index contributed by atoms with van der Waals surface area (Å²) in [6.07, 6.45) is 1.92. The number of aromatic nitrogens is 2. The van der Waals surface area contributed by atoms with Gasteiger partial charge in [-0.25, -0.2) is 0 Å². The summed E-state index contributed by atoms with van der Waals surface area (Å²) in [7, 11) is 0. The van der Waals surface area contributed by atoms with Crippen molar-refractivity contribution >= 4 is 11.8 Å². The van der Waals surface area contributed by atoms with E-state index in [9.17, 15) is 9.59 Å². The Labute approximate surface area is 164 Å². The standard InChI is InChI=1S/C21H26N4O3/c1-2-20(26)22-13-17-12-18-14-24(8-9-25(18)23-17)21(27)16-7-10-28-19-6-4-3-5-15(19)11-16/h3-6,12,16H,2,7-11,13-14H2,1H3,(H,22,26)/t16-/m0/s1. The van der Waals surface area contributed by atoms with Gasteiger partial charge in [0, 0.05) is 18.9 Å². The van der Waals surface area contributed by atoms with Gasteiger partial charge in [0.25, 0.3) is 0 Å². The molecule has 0 saturated heterocycles. The Balaban J connectivity index is 1.42. The zero-order valence-electron chi connectivity index (χ0n) is 16.2. The smallest absolute Gasteiger partial charge is 0.226 e. The van der Waals surface area contributed by atoms with Crippen LogP contribution in [0.4, 0.5) is 0 Å². The second-order valence-electron chi connectivity index (χ2n) is 7.39. The molecule has 3 heterocycles. The van der Waals surface area contributed by atoms with E-state index in [0.29, 0.717) is 39.2 Å². The summed E-state index contributed by atoms with van der Waals surface area (Å²) in [5, 5.41) is 7.40. The van der Waals surface area contributed by atoms with Crippen LogP contribution in [-0.4, -0.2) is 39.6 Å². The molecule has 28 heavy (non-hydrogen) atoms. The molecular formula is C21H26N4O3. The maximum absolute atomic E-state index is 13.2. The summed E-state index contributed by atoms with van der Waals surface area (Å²) in [5.74, 6) is 1.04. The molecule has 2 amide bonds. The Bertz CT molecular complexity index is 876. The van der Waals surface area contributed by atoms with Crippen LogP contribution in [0.2, 0.25) is 0 Å². The molecule has 7 nitrogen and oxygen atoms in total. The molecule has 4 rings (SSSR count). The SMILES string of the molecule is CCC(=O)NCc1cc2n(n1)CCN(C(=O)[C@H]1CCOc3ccccc3C1)C2. The van der Waals surface area contributed by atoms with Gasteiger partial charge in [-0.3, -0.25) is 14.3 Å². The number of rotatable bonds is 4. The van der Waals surface area contributed by atoms with Gasteiger partial charge in [0.1, 0.15) is 5.75 Å². The largest absolute Gasteiger partial charge is 0.493 e. The number of hydrogen-bond donors (Lipinski definition) is 1. The summed E-state index contributed by atoms with van der Waals surface area (Å²) < 4.78 is 7.76. The number of amides is 2. The second-order valence-corrected chi connectivity index (χ2v) is 7.39. The number of fused-ring (bicyclic) bond motifs is 2. The Kier molecular flexibility index (Phi) is 5.32. The van der Waals surface area contributed by atoms with Crippen LogP contribution in [-0.2, 0) is 35.6 Å². The van der Waals surface area contributed by atoms with E-state index >= 15 is 0 Å². The van der Waals surface area contributed by atoms with Crippen molar-refractivity contribution in [1.82, 2.24) is 20.0 Å². The van der Waals surface area contributed by atoms with Crippen LogP contribution >= 0.6 is 0 Å². The van der Waals surface area contributed by atoms with E-state index in [1.165, 1.54) is 0 Å². The average Bonchev–Trinajstić information content (AvgIpc) is 3.01. The first kappa shape index (κ1) is 18.5. The number of hydrogen-bond acceptors (Lipinski definition) is 4. The van der Waals surface area contributed by atoms with Gasteiger partial charge in [0.15, 0.2) is 0 Å². The molecule has 7 heteroatoms. The molecule has 1 aromatic heterocycles. The van der Waals surface area contributed by atoms with Gasteiger partial charge in [0.05, 0.1) is 37.6 Å². The molecule has 2 aliphatic rings. The molecule has 2 aliphatic heterocycles. The summed E-state index contributed by atoms with van der Waals surface area (Å²) in [6, 6.07) is 9.96. The number of carbonyl (C=O) groups excluding carboxylic acids is 2. The quantitative estimate of drug-likeness (QED) is 0.876. The van der Waals surface area contributed by atoms with Crippen molar-refractivity contribution in [2.45, 2.75) is 45.8 Å². The third-order valence-electron chi connectivity index (χ3n) is 5.46. The molecular weight excluding hydrogens is 356 g/mol. The van der Waals surface area contributed by atoms with E-state index in [1.54, 1.807) is 0 Å². The number of benzene rings is 1. The van der Waals surface area contributed by atoms with Crippen LogP contribution in [0.15, 0.2) is 30.3 Å². The molecule has 0 radical (unpaired) electrons. The Morgan fingerprint density at radius 2 is 2.14 bits per heavy atom. The van der Waals surface area contributed by atoms with Gasteiger partial charge in [-0.15, -0.1) is 0 Å². The number of ether oxygens (including phenoxy) is 1. The van der Waals surface area contributed by atoms with E-state index < -0.39 is 0 Å².